The van der Waals surface area contributed by atoms with Crippen LogP contribution >= 0.6 is 11.3 Å². The molecule has 0 aliphatic carbocycles. The summed E-state index contributed by atoms with van der Waals surface area (Å²) < 4.78 is 27.2. The fourth-order valence-corrected chi connectivity index (χ4v) is 5.18. The molecule has 0 spiro atoms. The second kappa shape index (κ2) is 7.59. The van der Waals surface area contributed by atoms with Crippen LogP contribution in [0.2, 0.25) is 0 Å². The van der Waals surface area contributed by atoms with Crippen molar-refractivity contribution in [2.24, 2.45) is 0 Å². The number of hydrogen-bond acceptors (Lipinski definition) is 6. The van der Waals surface area contributed by atoms with Gasteiger partial charge in [0.15, 0.2) is 0 Å². The van der Waals surface area contributed by atoms with Crippen molar-refractivity contribution < 1.29 is 13.2 Å². The number of nitrogens with zero attached hydrogens (tertiary/aromatic N) is 3. The zero-order valence-corrected chi connectivity index (χ0v) is 15.5. The summed E-state index contributed by atoms with van der Waals surface area (Å²) in [6.07, 6.45) is 2.80. The van der Waals surface area contributed by atoms with Gasteiger partial charge in [-0.2, -0.15) is 4.31 Å². The summed E-state index contributed by atoms with van der Waals surface area (Å²) in [5.41, 5.74) is 0. The number of nitrogens with one attached hydrogen (secondary N) is 1. The summed E-state index contributed by atoms with van der Waals surface area (Å²) in [6.45, 7) is 2.30. The number of sulfonamides is 1. The molecule has 25 heavy (non-hydrogen) atoms. The van der Waals surface area contributed by atoms with E-state index in [0.717, 1.165) is 24.3 Å². The highest BCUT2D eigenvalue weighted by atomic mass is 32.2. The monoisotopic (exact) mass is 380 g/mol. The maximum absolute atomic E-state index is 12.9. The molecule has 0 bridgehead atoms. The molecule has 1 fully saturated rings. The Morgan fingerprint density at radius 1 is 1.28 bits per heavy atom. The van der Waals surface area contributed by atoms with Crippen LogP contribution in [-0.4, -0.2) is 41.4 Å². The predicted octanol–water partition coefficient (Wildman–Crippen LogP) is 2.28. The van der Waals surface area contributed by atoms with E-state index in [-0.39, 0.29) is 10.8 Å². The third kappa shape index (κ3) is 3.88. The topological polar surface area (TPSA) is 92.3 Å². The predicted molar refractivity (Wildman–Crippen MR) is 95.9 cm³/mol. The molecule has 2 heterocycles. The third-order valence-electron chi connectivity index (χ3n) is 4.11. The van der Waals surface area contributed by atoms with Crippen molar-refractivity contribution in [1.29, 1.82) is 0 Å². The molecule has 1 saturated heterocycles. The lowest BCUT2D eigenvalue weighted by molar-refractivity contribution is -0.120. The van der Waals surface area contributed by atoms with Gasteiger partial charge in [-0.15, -0.1) is 10.2 Å². The number of aryl methyl sites for hydroxylation is 1. The van der Waals surface area contributed by atoms with Crippen LogP contribution in [0.1, 0.15) is 31.2 Å². The van der Waals surface area contributed by atoms with Crippen LogP contribution in [0.3, 0.4) is 0 Å². The van der Waals surface area contributed by atoms with Crippen molar-refractivity contribution in [2.75, 3.05) is 11.9 Å². The molecule has 1 aliphatic heterocycles. The number of benzene rings is 1. The van der Waals surface area contributed by atoms with E-state index in [1.54, 1.807) is 30.3 Å². The van der Waals surface area contributed by atoms with E-state index in [1.165, 1.54) is 15.6 Å². The maximum Gasteiger partial charge on any atom is 0.244 e. The Morgan fingerprint density at radius 3 is 2.72 bits per heavy atom. The van der Waals surface area contributed by atoms with Crippen molar-refractivity contribution in [3.63, 3.8) is 0 Å². The third-order valence-corrected chi connectivity index (χ3v) is 7.01. The largest absolute Gasteiger partial charge is 0.299 e. The van der Waals surface area contributed by atoms with E-state index in [2.05, 4.69) is 15.5 Å². The van der Waals surface area contributed by atoms with Gasteiger partial charge in [0.05, 0.1) is 4.90 Å². The normalized spacial score (nSPS) is 18.8. The molecule has 1 aliphatic rings. The van der Waals surface area contributed by atoms with Crippen LogP contribution in [0.15, 0.2) is 35.2 Å². The second-order valence-corrected chi connectivity index (χ2v) is 8.74. The molecule has 1 amide bonds. The SMILES string of the molecule is CCc1nnc(NC(=O)[C@H]2CCCCN2S(=O)(=O)c2ccccc2)s1. The first-order chi connectivity index (χ1) is 12.0. The van der Waals surface area contributed by atoms with Crippen molar-refractivity contribution in [2.45, 2.75) is 43.5 Å². The van der Waals surface area contributed by atoms with Crippen LogP contribution < -0.4 is 5.32 Å². The Kier molecular flexibility index (Phi) is 5.45. The fraction of sp³-hybridized carbons (Fsp3) is 0.438. The van der Waals surface area contributed by atoms with Gasteiger partial charge in [0, 0.05) is 6.54 Å². The molecule has 1 N–H and O–H groups in total. The summed E-state index contributed by atoms with van der Waals surface area (Å²) in [5.74, 6) is -0.349. The summed E-state index contributed by atoms with van der Waals surface area (Å²) >= 11 is 1.31. The van der Waals surface area contributed by atoms with Gasteiger partial charge in [-0.25, -0.2) is 8.42 Å². The molecule has 1 aromatic carbocycles. The number of rotatable bonds is 5. The Hall–Kier alpha value is -1.84. The minimum Gasteiger partial charge on any atom is -0.299 e. The first-order valence-corrected chi connectivity index (χ1v) is 10.5. The quantitative estimate of drug-likeness (QED) is 0.859. The fourth-order valence-electron chi connectivity index (χ4n) is 2.82. The number of hydrogen-bond donors (Lipinski definition) is 1. The average molecular weight is 380 g/mol. The molecule has 134 valence electrons. The van der Waals surface area contributed by atoms with E-state index >= 15 is 0 Å². The van der Waals surface area contributed by atoms with E-state index in [9.17, 15) is 13.2 Å². The minimum atomic E-state index is -3.71. The molecule has 9 heteroatoms. The highest BCUT2D eigenvalue weighted by Crippen LogP contribution is 2.26. The van der Waals surface area contributed by atoms with Gasteiger partial charge in [0.2, 0.25) is 21.1 Å². The lowest BCUT2D eigenvalue weighted by Crippen LogP contribution is -2.49. The van der Waals surface area contributed by atoms with Gasteiger partial charge in [-0.05, 0) is 31.4 Å². The minimum absolute atomic E-state index is 0.207. The summed E-state index contributed by atoms with van der Waals surface area (Å²) in [5, 5.41) is 11.9. The van der Waals surface area contributed by atoms with Crippen molar-refractivity contribution in [3.05, 3.63) is 35.3 Å². The van der Waals surface area contributed by atoms with Crippen LogP contribution in [0.5, 0.6) is 0 Å². The first-order valence-electron chi connectivity index (χ1n) is 8.22. The van der Waals surface area contributed by atoms with Gasteiger partial charge >= 0.3 is 0 Å². The number of anilines is 1. The molecule has 3 rings (SSSR count). The summed E-state index contributed by atoms with van der Waals surface area (Å²) in [6, 6.07) is 7.50. The van der Waals surface area contributed by atoms with Crippen molar-refractivity contribution in [3.8, 4) is 0 Å². The molecule has 1 atom stereocenters. The number of aromatic nitrogens is 2. The van der Waals surface area contributed by atoms with Crippen LogP contribution in [-0.2, 0) is 21.2 Å². The Morgan fingerprint density at radius 2 is 2.04 bits per heavy atom. The average Bonchev–Trinajstić information content (AvgIpc) is 3.10. The van der Waals surface area contributed by atoms with E-state index in [1.807, 2.05) is 6.92 Å². The molecule has 7 nitrogen and oxygen atoms in total. The van der Waals surface area contributed by atoms with Crippen LogP contribution in [0.25, 0.3) is 0 Å². The Balaban J connectivity index is 1.82. The van der Waals surface area contributed by atoms with Gasteiger partial charge < -0.3 is 0 Å². The first kappa shape index (κ1) is 18.0. The molecular weight excluding hydrogens is 360 g/mol. The number of piperidine rings is 1. The van der Waals surface area contributed by atoms with E-state index in [0.29, 0.717) is 18.1 Å². The Bertz CT molecular complexity index is 836. The lowest BCUT2D eigenvalue weighted by atomic mass is 10.0. The molecule has 1 aromatic heterocycles. The van der Waals surface area contributed by atoms with Crippen LogP contribution in [0, 0.1) is 0 Å². The lowest BCUT2D eigenvalue weighted by Gasteiger charge is -2.33. The standard InChI is InChI=1S/C16H20N4O3S2/c1-2-14-18-19-16(24-14)17-15(21)13-10-6-7-11-20(13)25(22,23)12-8-4-3-5-9-12/h3-5,8-9,13H,2,6-7,10-11H2,1H3,(H,17,19,21)/t13-/m1/s1. The molecule has 0 unspecified atom stereocenters. The summed E-state index contributed by atoms with van der Waals surface area (Å²) in [7, 11) is -3.71. The van der Waals surface area contributed by atoms with Gasteiger partial charge in [0.1, 0.15) is 11.0 Å². The zero-order chi connectivity index (χ0) is 17.9. The highest BCUT2D eigenvalue weighted by molar-refractivity contribution is 7.89. The van der Waals surface area contributed by atoms with Crippen molar-refractivity contribution >= 4 is 32.4 Å². The van der Waals surface area contributed by atoms with Gasteiger partial charge in [-0.3, -0.25) is 10.1 Å². The smallest absolute Gasteiger partial charge is 0.244 e. The molecule has 0 saturated carbocycles. The summed E-state index contributed by atoms with van der Waals surface area (Å²) in [4.78, 5) is 12.9. The Labute approximate surface area is 151 Å². The molecule has 2 aromatic rings. The molecule has 0 radical (unpaired) electrons. The van der Waals surface area contributed by atoms with Gasteiger partial charge in [0.25, 0.3) is 0 Å². The number of amides is 1. The number of carbonyl (C=O) groups is 1. The second-order valence-electron chi connectivity index (χ2n) is 5.78. The van der Waals surface area contributed by atoms with Crippen molar-refractivity contribution in [1.82, 2.24) is 14.5 Å². The highest BCUT2D eigenvalue weighted by Gasteiger charge is 2.37. The maximum atomic E-state index is 12.9. The molecular formula is C16H20N4O3S2. The van der Waals surface area contributed by atoms with Crippen LogP contribution in [0.4, 0.5) is 5.13 Å². The van der Waals surface area contributed by atoms with Gasteiger partial charge in [-0.1, -0.05) is 42.9 Å². The zero-order valence-electron chi connectivity index (χ0n) is 13.9. The number of carbonyl (C=O) groups excluding carboxylic acids is 1. The van der Waals surface area contributed by atoms with E-state index < -0.39 is 16.1 Å². The van der Waals surface area contributed by atoms with E-state index in [4.69, 9.17) is 0 Å².